The molecule has 0 amide bonds. The minimum Gasteiger partial charge on any atom is -0.481 e. The van der Waals surface area contributed by atoms with Crippen molar-refractivity contribution >= 4 is 25.4 Å². The lowest BCUT2D eigenvalue weighted by Gasteiger charge is -1.82. The maximum absolute atomic E-state index is 9.00. The normalized spacial score (nSPS) is 6.88. The van der Waals surface area contributed by atoms with Crippen LogP contribution >= 0.6 is 13.5 Å². The molecule has 1 aromatic carbocycles. The third-order valence-corrected chi connectivity index (χ3v) is 0.940. The van der Waals surface area contributed by atoms with Gasteiger partial charge in [-0.05, 0) is 6.92 Å². The first-order chi connectivity index (χ1) is 6.86. The molecular weight excluding hydrogens is 226 g/mol. The highest BCUT2D eigenvalue weighted by atomic mass is 32.1. The van der Waals surface area contributed by atoms with E-state index in [0.717, 1.165) is 6.92 Å². The zero-order valence-corrected chi connectivity index (χ0v) is 10.4. The fourth-order valence-corrected chi connectivity index (χ4v) is 0.534. The number of hydrogen-bond donors (Lipinski definition) is 4. The predicted octanol–water partition coefficient (Wildman–Crippen LogP) is 1.04. The molecule has 0 aromatic heterocycles. The van der Waals surface area contributed by atoms with E-state index in [-0.39, 0.29) is 19.5 Å². The number of hydrogen-bond acceptors (Lipinski definition) is 2. The van der Waals surface area contributed by atoms with Crippen LogP contribution < -0.4 is 11.5 Å². The monoisotopic (exact) mass is 245 g/mol. The molecule has 0 radical (unpaired) electrons. The minimum atomic E-state index is -0.833. The van der Waals surface area contributed by atoms with Crippen LogP contribution in [0.3, 0.4) is 0 Å². The highest BCUT2D eigenvalue weighted by Crippen LogP contribution is 1.92. The Bertz CT molecular complexity index is 271. The summed E-state index contributed by atoms with van der Waals surface area (Å²) in [7, 11) is 0. The average Bonchev–Trinajstić information content (AvgIpc) is 2.03. The largest absolute Gasteiger partial charge is 0.481 e. The summed E-state index contributed by atoms with van der Waals surface area (Å²) in [5.41, 5.74) is 10.3. The highest BCUT2D eigenvalue weighted by molar-refractivity contribution is 7.59. The van der Waals surface area contributed by atoms with E-state index in [1.807, 2.05) is 18.2 Å². The van der Waals surface area contributed by atoms with E-state index in [2.05, 4.69) is 30.5 Å². The lowest BCUT2D eigenvalue weighted by molar-refractivity contribution is -0.134. The van der Waals surface area contributed by atoms with Crippen LogP contribution in [0.2, 0.25) is 0 Å². The quantitative estimate of drug-likeness (QED) is 0.404. The molecule has 6 heteroatoms. The lowest BCUT2D eigenvalue weighted by Crippen LogP contribution is -2.20. The molecule has 92 valence electrons. The van der Waals surface area contributed by atoms with Gasteiger partial charge in [0.05, 0.1) is 0 Å². The number of nitrogens with two attached hydrogens (primary N) is 2. The number of carboxylic acids is 1. The molecule has 0 spiro atoms. The number of aliphatic carboxylic acids is 1. The molecule has 0 unspecified atom stereocenters. The van der Waals surface area contributed by atoms with E-state index >= 15 is 0 Å². The van der Waals surface area contributed by atoms with Crippen molar-refractivity contribution in [1.29, 1.82) is 5.41 Å². The number of carboxylic acid groups (broad SMARTS) is 1. The van der Waals surface area contributed by atoms with Crippen LogP contribution in [0.25, 0.3) is 0 Å². The molecule has 1 aromatic rings. The number of rotatable bonds is 0. The summed E-state index contributed by atoms with van der Waals surface area (Å²) in [5, 5.41) is 13.5. The van der Waals surface area contributed by atoms with E-state index < -0.39 is 5.97 Å². The number of aryl methyl sites for hydroxylation is 1. The predicted molar refractivity (Wildman–Crippen MR) is 71.0 cm³/mol. The van der Waals surface area contributed by atoms with Crippen molar-refractivity contribution in [2.45, 2.75) is 13.8 Å². The first-order valence-corrected chi connectivity index (χ1v) is 4.17. The Labute approximate surface area is 102 Å². The Hall–Kier alpha value is -1.69. The van der Waals surface area contributed by atoms with Crippen molar-refractivity contribution in [2.24, 2.45) is 11.5 Å². The van der Waals surface area contributed by atoms with E-state index in [9.17, 15) is 0 Å². The Morgan fingerprint density at radius 2 is 1.50 bits per heavy atom. The van der Waals surface area contributed by atoms with Gasteiger partial charge in [-0.2, -0.15) is 13.5 Å². The molecule has 0 fully saturated rings. The van der Waals surface area contributed by atoms with Crippen molar-refractivity contribution in [1.82, 2.24) is 0 Å². The molecule has 6 N–H and O–H groups in total. The maximum Gasteiger partial charge on any atom is 0.300 e. The van der Waals surface area contributed by atoms with Gasteiger partial charge in [-0.3, -0.25) is 10.2 Å². The summed E-state index contributed by atoms with van der Waals surface area (Å²) in [6.45, 7) is 3.17. The van der Waals surface area contributed by atoms with Gasteiger partial charge in [0.1, 0.15) is 0 Å². The Kier molecular flexibility index (Phi) is 16.5. The summed E-state index contributed by atoms with van der Waals surface area (Å²) in [6, 6.07) is 10.3. The van der Waals surface area contributed by atoms with Crippen LogP contribution in [-0.4, -0.2) is 17.0 Å². The molecule has 0 saturated heterocycles. The minimum absolute atomic E-state index is 0. The van der Waals surface area contributed by atoms with Crippen LogP contribution in [0.15, 0.2) is 30.3 Å². The van der Waals surface area contributed by atoms with Gasteiger partial charge in [0.15, 0.2) is 5.96 Å². The van der Waals surface area contributed by atoms with Crippen LogP contribution in [-0.2, 0) is 4.79 Å². The second-order valence-electron chi connectivity index (χ2n) is 2.63. The third kappa shape index (κ3) is 39.5. The summed E-state index contributed by atoms with van der Waals surface area (Å²) in [4.78, 5) is 9.00. The molecule has 16 heavy (non-hydrogen) atoms. The second-order valence-corrected chi connectivity index (χ2v) is 2.63. The Morgan fingerprint density at radius 1 is 1.25 bits per heavy atom. The summed E-state index contributed by atoms with van der Waals surface area (Å²) in [5.74, 6) is -1.17. The van der Waals surface area contributed by atoms with Gasteiger partial charge < -0.3 is 16.6 Å². The van der Waals surface area contributed by atoms with Gasteiger partial charge in [-0.1, -0.05) is 35.9 Å². The summed E-state index contributed by atoms with van der Waals surface area (Å²) in [6.07, 6.45) is 0. The van der Waals surface area contributed by atoms with Gasteiger partial charge in [-0.15, -0.1) is 0 Å². The van der Waals surface area contributed by atoms with Crippen LogP contribution in [0.1, 0.15) is 12.5 Å². The molecule has 0 aliphatic carbocycles. The molecule has 0 aliphatic heterocycles. The first-order valence-electron chi connectivity index (χ1n) is 4.17. The van der Waals surface area contributed by atoms with Gasteiger partial charge in [0.25, 0.3) is 5.97 Å². The molecule has 0 bridgehead atoms. The molecule has 5 nitrogen and oxygen atoms in total. The number of carbonyl (C=O) groups is 1. The smallest absolute Gasteiger partial charge is 0.300 e. The number of guanidine groups is 1. The molecule has 0 saturated carbocycles. The lowest BCUT2D eigenvalue weighted by atomic mass is 10.2. The van der Waals surface area contributed by atoms with Crippen molar-refractivity contribution in [3.05, 3.63) is 35.9 Å². The molecule has 0 heterocycles. The van der Waals surface area contributed by atoms with Gasteiger partial charge >= 0.3 is 0 Å². The van der Waals surface area contributed by atoms with Crippen LogP contribution in [0, 0.1) is 12.3 Å². The molecule has 0 atom stereocenters. The average molecular weight is 245 g/mol. The zero-order valence-electron chi connectivity index (χ0n) is 9.40. The van der Waals surface area contributed by atoms with Gasteiger partial charge in [-0.25, -0.2) is 0 Å². The fraction of sp³-hybridized carbons (Fsp3) is 0.200. The van der Waals surface area contributed by atoms with Gasteiger partial charge in [0.2, 0.25) is 0 Å². The van der Waals surface area contributed by atoms with Crippen molar-refractivity contribution < 1.29 is 9.90 Å². The number of nitrogens with one attached hydrogen (secondary N) is 1. The van der Waals surface area contributed by atoms with Crippen molar-refractivity contribution in [3.8, 4) is 0 Å². The SMILES string of the molecule is CC(=O)O.Cc1ccccc1.N=C(N)N.S. The highest BCUT2D eigenvalue weighted by Gasteiger charge is 1.72. The standard InChI is InChI=1S/C7H8.C2H4O2.CH5N3.H2S/c1-7-5-3-2-4-6-7;1-2(3)4;2-1(3)4;/h2-6H,1H3;1H3,(H,3,4);(H5,2,3,4);1H2. The van der Waals surface area contributed by atoms with Crippen LogP contribution in [0.4, 0.5) is 0 Å². The van der Waals surface area contributed by atoms with Crippen molar-refractivity contribution in [2.75, 3.05) is 0 Å². The molecule has 1 rings (SSSR count). The van der Waals surface area contributed by atoms with E-state index in [1.165, 1.54) is 5.56 Å². The number of benzene rings is 1. The fourth-order valence-electron chi connectivity index (χ4n) is 0.534. The van der Waals surface area contributed by atoms with E-state index in [1.54, 1.807) is 0 Å². The zero-order chi connectivity index (χ0) is 12.3. The maximum atomic E-state index is 9.00. The Balaban J connectivity index is -0.000000166. The molecule has 0 aliphatic rings. The molecular formula is C10H19N3O2S. The van der Waals surface area contributed by atoms with Crippen LogP contribution in [0.5, 0.6) is 0 Å². The first kappa shape index (κ1) is 19.8. The summed E-state index contributed by atoms with van der Waals surface area (Å²) >= 11 is 0. The third-order valence-electron chi connectivity index (χ3n) is 0.940. The Morgan fingerprint density at radius 3 is 1.62 bits per heavy atom. The second kappa shape index (κ2) is 13.3. The van der Waals surface area contributed by atoms with E-state index in [0.29, 0.717) is 0 Å². The topological polar surface area (TPSA) is 113 Å². The summed E-state index contributed by atoms with van der Waals surface area (Å²) < 4.78 is 0. The van der Waals surface area contributed by atoms with Gasteiger partial charge in [0, 0.05) is 6.92 Å². The van der Waals surface area contributed by atoms with E-state index in [4.69, 9.17) is 15.3 Å². The van der Waals surface area contributed by atoms with Crippen molar-refractivity contribution in [3.63, 3.8) is 0 Å².